The Morgan fingerprint density at radius 1 is 1.20 bits per heavy atom. The molecule has 0 saturated carbocycles. The van der Waals surface area contributed by atoms with E-state index in [4.69, 9.17) is 0 Å². The monoisotopic (exact) mass is 403 g/mol. The lowest BCUT2D eigenvalue weighted by Gasteiger charge is -2.34. The van der Waals surface area contributed by atoms with Crippen molar-refractivity contribution in [3.63, 3.8) is 0 Å². The van der Waals surface area contributed by atoms with Gasteiger partial charge in [-0.2, -0.15) is 5.26 Å². The number of fused-ring (bicyclic) bond motifs is 1. The van der Waals surface area contributed by atoms with Crippen LogP contribution in [0.4, 0.5) is 15.9 Å². The third-order valence-corrected chi connectivity index (χ3v) is 5.56. The van der Waals surface area contributed by atoms with E-state index < -0.39 is 0 Å². The third-order valence-electron chi connectivity index (χ3n) is 5.56. The van der Waals surface area contributed by atoms with Gasteiger partial charge in [-0.15, -0.1) is 0 Å². The van der Waals surface area contributed by atoms with E-state index in [-0.39, 0.29) is 17.6 Å². The zero-order valence-electron chi connectivity index (χ0n) is 16.9. The van der Waals surface area contributed by atoms with Crippen molar-refractivity contribution in [2.75, 3.05) is 23.3 Å². The van der Waals surface area contributed by atoms with Crippen LogP contribution in [0.5, 0.6) is 0 Å². The van der Waals surface area contributed by atoms with Crippen molar-refractivity contribution in [1.29, 1.82) is 5.26 Å². The minimum atomic E-state index is -0.349. The number of benzene rings is 1. The van der Waals surface area contributed by atoms with Gasteiger partial charge < -0.3 is 10.2 Å². The third kappa shape index (κ3) is 3.81. The van der Waals surface area contributed by atoms with E-state index >= 15 is 0 Å². The van der Waals surface area contributed by atoms with Crippen LogP contribution in [0.15, 0.2) is 36.7 Å². The molecule has 3 aromatic rings. The Labute approximate surface area is 174 Å². The molecule has 30 heavy (non-hydrogen) atoms. The predicted octanol–water partition coefficient (Wildman–Crippen LogP) is 4.11. The summed E-state index contributed by atoms with van der Waals surface area (Å²) in [4.78, 5) is 23.3. The normalized spacial score (nSPS) is 14.5. The number of carbonyl (C=O) groups excluding carboxylic acids is 1. The van der Waals surface area contributed by atoms with Gasteiger partial charge in [0.25, 0.3) is 0 Å². The first-order chi connectivity index (χ1) is 14.5. The van der Waals surface area contributed by atoms with Gasteiger partial charge in [-0.3, -0.25) is 9.78 Å². The summed E-state index contributed by atoms with van der Waals surface area (Å²) in [5.41, 5.74) is 3.57. The van der Waals surface area contributed by atoms with Crippen LogP contribution in [0.3, 0.4) is 0 Å². The maximum Gasteiger partial charge on any atom is 0.228 e. The van der Waals surface area contributed by atoms with Gasteiger partial charge in [0.05, 0.1) is 16.8 Å². The molecule has 2 aromatic heterocycles. The molecular weight excluding hydrogens is 381 g/mol. The fraction of sp³-hybridized carbons (Fsp3) is 0.304. The second-order valence-electron chi connectivity index (χ2n) is 7.72. The number of piperidine rings is 1. The average molecular weight is 403 g/mol. The van der Waals surface area contributed by atoms with Crippen molar-refractivity contribution in [1.82, 2.24) is 9.97 Å². The van der Waals surface area contributed by atoms with E-state index in [2.05, 4.69) is 26.3 Å². The van der Waals surface area contributed by atoms with Crippen molar-refractivity contribution in [2.24, 2.45) is 5.92 Å². The van der Waals surface area contributed by atoms with E-state index in [0.717, 1.165) is 11.1 Å². The highest BCUT2D eigenvalue weighted by atomic mass is 19.1. The van der Waals surface area contributed by atoms with Gasteiger partial charge in [0.2, 0.25) is 5.91 Å². The van der Waals surface area contributed by atoms with Crippen molar-refractivity contribution >= 4 is 28.3 Å². The number of amides is 1. The Kier molecular flexibility index (Phi) is 5.32. The van der Waals surface area contributed by atoms with Gasteiger partial charge in [-0.25, -0.2) is 9.37 Å². The maximum atomic E-state index is 14.1. The lowest BCUT2D eigenvalue weighted by Crippen LogP contribution is -2.38. The molecule has 4 rings (SSSR count). The summed E-state index contributed by atoms with van der Waals surface area (Å²) in [6.45, 7) is 4.95. The second kappa shape index (κ2) is 8.07. The molecule has 152 valence electrons. The first kappa shape index (κ1) is 19.8. The molecule has 6 nitrogen and oxygen atoms in total. The molecule has 1 N–H and O–H groups in total. The van der Waals surface area contributed by atoms with Crippen molar-refractivity contribution < 1.29 is 9.18 Å². The minimum Gasteiger partial charge on any atom is -0.370 e. The summed E-state index contributed by atoms with van der Waals surface area (Å²) in [6, 6.07) is 8.76. The molecule has 0 spiro atoms. The average Bonchev–Trinajstić information content (AvgIpc) is 2.74. The van der Waals surface area contributed by atoms with E-state index in [9.17, 15) is 14.4 Å². The zero-order valence-corrected chi connectivity index (χ0v) is 16.9. The Morgan fingerprint density at radius 3 is 2.63 bits per heavy atom. The predicted molar refractivity (Wildman–Crippen MR) is 114 cm³/mol. The smallest absolute Gasteiger partial charge is 0.228 e. The molecule has 1 saturated heterocycles. The zero-order chi connectivity index (χ0) is 21.3. The Hall–Kier alpha value is -3.53. The van der Waals surface area contributed by atoms with E-state index in [1.165, 1.54) is 12.1 Å². The molecule has 0 atom stereocenters. The molecule has 3 heterocycles. The largest absolute Gasteiger partial charge is 0.370 e. The second-order valence-corrected chi connectivity index (χ2v) is 7.72. The molecule has 0 radical (unpaired) electrons. The standard InChI is InChI=1S/C23H22FN5O/c1-14-3-4-20(26-12-14)28-23(30)16-5-7-29(8-6-16)22-17(11-25)13-27-21-15(2)9-18(24)10-19(21)22/h3-4,9-10,12-13,16H,5-8H2,1-2H3,(H,26,28,30). The molecule has 0 aliphatic carbocycles. The van der Waals surface area contributed by atoms with Gasteiger partial charge in [0.15, 0.2) is 0 Å². The molecule has 1 aliphatic rings. The highest BCUT2D eigenvalue weighted by Crippen LogP contribution is 2.34. The molecule has 0 unspecified atom stereocenters. The molecular formula is C23H22FN5O. The summed E-state index contributed by atoms with van der Waals surface area (Å²) < 4.78 is 14.1. The van der Waals surface area contributed by atoms with E-state index in [1.807, 2.05) is 19.9 Å². The lowest BCUT2D eigenvalue weighted by atomic mass is 9.94. The number of aromatic nitrogens is 2. The molecule has 7 heteroatoms. The number of aryl methyl sites for hydroxylation is 2. The quantitative estimate of drug-likeness (QED) is 0.712. The van der Waals surface area contributed by atoms with E-state index in [1.54, 1.807) is 18.5 Å². The van der Waals surface area contributed by atoms with Crippen LogP contribution in [-0.4, -0.2) is 29.0 Å². The maximum absolute atomic E-state index is 14.1. The van der Waals surface area contributed by atoms with E-state index in [0.29, 0.717) is 53.9 Å². The number of nitrogens with zero attached hydrogens (tertiary/aromatic N) is 4. The van der Waals surface area contributed by atoms with Crippen LogP contribution in [0, 0.1) is 36.9 Å². The highest BCUT2D eigenvalue weighted by molar-refractivity contribution is 5.96. The number of rotatable bonds is 3. The van der Waals surface area contributed by atoms with Gasteiger partial charge >= 0.3 is 0 Å². The van der Waals surface area contributed by atoms with Gasteiger partial charge in [0.1, 0.15) is 17.7 Å². The number of hydrogen-bond donors (Lipinski definition) is 1. The number of anilines is 2. The SMILES string of the molecule is Cc1ccc(NC(=O)C2CCN(c3c(C#N)cnc4c(C)cc(F)cc34)CC2)nc1. The molecule has 0 bridgehead atoms. The molecule has 1 aromatic carbocycles. The topological polar surface area (TPSA) is 81.9 Å². The summed E-state index contributed by atoms with van der Waals surface area (Å²) in [6.07, 6.45) is 4.54. The van der Waals surface area contributed by atoms with Gasteiger partial charge in [-0.05, 0) is 56.0 Å². The Morgan fingerprint density at radius 2 is 1.97 bits per heavy atom. The summed E-state index contributed by atoms with van der Waals surface area (Å²) in [7, 11) is 0. The number of carbonyl (C=O) groups is 1. The first-order valence-corrected chi connectivity index (χ1v) is 9.93. The van der Waals surface area contributed by atoms with Crippen LogP contribution in [0.25, 0.3) is 10.9 Å². The van der Waals surface area contributed by atoms with Crippen LogP contribution in [0.1, 0.15) is 29.5 Å². The van der Waals surface area contributed by atoms with Gasteiger partial charge in [0, 0.05) is 36.8 Å². The minimum absolute atomic E-state index is 0.0482. The fourth-order valence-electron chi connectivity index (χ4n) is 3.98. The summed E-state index contributed by atoms with van der Waals surface area (Å²) >= 11 is 0. The van der Waals surface area contributed by atoms with Crippen LogP contribution in [0.2, 0.25) is 0 Å². The number of hydrogen-bond acceptors (Lipinski definition) is 5. The van der Waals surface area contributed by atoms with Crippen LogP contribution >= 0.6 is 0 Å². The highest BCUT2D eigenvalue weighted by Gasteiger charge is 2.28. The van der Waals surface area contributed by atoms with Crippen molar-refractivity contribution in [3.05, 3.63) is 59.2 Å². The molecule has 1 aliphatic heterocycles. The lowest BCUT2D eigenvalue weighted by molar-refractivity contribution is -0.120. The number of nitriles is 1. The summed E-state index contributed by atoms with van der Waals surface area (Å²) in [5, 5.41) is 13.1. The Bertz CT molecular complexity index is 1140. The molecule has 1 fully saturated rings. The summed E-state index contributed by atoms with van der Waals surface area (Å²) in [5.74, 6) is 0.0123. The molecule has 1 amide bonds. The number of pyridine rings is 2. The Balaban J connectivity index is 1.54. The number of nitrogens with one attached hydrogen (secondary N) is 1. The van der Waals surface area contributed by atoms with Crippen LogP contribution < -0.4 is 10.2 Å². The number of halogens is 1. The van der Waals surface area contributed by atoms with Gasteiger partial charge in [-0.1, -0.05) is 6.07 Å². The van der Waals surface area contributed by atoms with Crippen LogP contribution in [-0.2, 0) is 4.79 Å². The first-order valence-electron chi connectivity index (χ1n) is 9.93. The fourth-order valence-corrected chi connectivity index (χ4v) is 3.98. The van der Waals surface area contributed by atoms with Crippen molar-refractivity contribution in [3.8, 4) is 6.07 Å². The van der Waals surface area contributed by atoms with Crippen molar-refractivity contribution in [2.45, 2.75) is 26.7 Å².